The average Bonchev–Trinajstić information content (AvgIpc) is 3.04. The predicted octanol–water partition coefficient (Wildman–Crippen LogP) is 4.00. The molecule has 0 bridgehead atoms. The van der Waals surface area contributed by atoms with Gasteiger partial charge in [0.1, 0.15) is 5.75 Å². The Kier molecular flexibility index (Phi) is 2.71. The normalized spacial score (nSPS) is 15.8. The summed E-state index contributed by atoms with van der Waals surface area (Å²) in [6.45, 7) is 0. The number of benzene rings is 2. The summed E-state index contributed by atoms with van der Waals surface area (Å²) in [5, 5.41) is 3.63. The van der Waals surface area contributed by atoms with E-state index in [1.807, 2.05) is 12.1 Å². The molecule has 3 nitrogen and oxygen atoms in total. The third-order valence-electron chi connectivity index (χ3n) is 3.99. The summed E-state index contributed by atoms with van der Waals surface area (Å²) in [6.07, 6.45) is 2.12. The van der Waals surface area contributed by atoms with Crippen molar-refractivity contribution in [1.82, 2.24) is 4.57 Å². The van der Waals surface area contributed by atoms with E-state index in [4.69, 9.17) is 4.74 Å². The van der Waals surface area contributed by atoms with Crippen LogP contribution in [0.4, 0.5) is 5.69 Å². The third-order valence-corrected chi connectivity index (χ3v) is 3.99. The molecule has 1 aliphatic rings. The first-order chi connectivity index (χ1) is 10.4. The Bertz CT molecular complexity index is 774. The molecule has 0 saturated heterocycles. The Balaban J connectivity index is 1.81. The van der Waals surface area contributed by atoms with Crippen molar-refractivity contribution in [3.8, 4) is 11.4 Å². The summed E-state index contributed by atoms with van der Waals surface area (Å²) in [7, 11) is 1.69. The van der Waals surface area contributed by atoms with Gasteiger partial charge in [0.25, 0.3) is 0 Å². The lowest BCUT2D eigenvalue weighted by Gasteiger charge is -2.29. The van der Waals surface area contributed by atoms with Gasteiger partial charge in [0, 0.05) is 11.9 Å². The summed E-state index contributed by atoms with van der Waals surface area (Å²) in [4.78, 5) is 0. The molecule has 1 N–H and O–H groups in total. The topological polar surface area (TPSA) is 26.2 Å². The van der Waals surface area contributed by atoms with Gasteiger partial charge in [-0.1, -0.05) is 24.3 Å². The van der Waals surface area contributed by atoms with Crippen LogP contribution in [0.25, 0.3) is 5.69 Å². The second-order valence-electron chi connectivity index (χ2n) is 5.17. The fourth-order valence-electron chi connectivity index (χ4n) is 2.93. The van der Waals surface area contributed by atoms with Crippen LogP contribution in [-0.4, -0.2) is 11.7 Å². The van der Waals surface area contributed by atoms with Gasteiger partial charge in [-0.05, 0) is 42.0 Å². The Labute approximate surface area is 123 Å². The zero-order chi connectivity index (χ0) is 14.2. The van der Waals surface area contributed by atoms with Gasteiger partial charge in [-0.2, -0.15) is 0 Å². The lowest BCUT2D eigenvalue weighted by molar-refractivity contribution is 0.414. The molecule has 4 rings (SSSR count). The molecular weight excluding hydrogens is 260 g/mol. The summed E-state index contributed by atoms with van der Waals surface area (Å²) < 4.78 is 7.49. The third kappa shape index (κ3) is 1.89. The average molecular weight is 276 g/mol. The Morgan fingerprint density at radius 1 is 0.952 bits per heavy atom. The number of fused-ring (bicyclic) bond motifs is 3. The van der Waals surface area contributed by atoms with Crippen molar-refractivity contribution in [3.05, 3.63) is 78.1 Å². The van der Waals surface area contributed by atoms with E-state index in [1.54, 1.807) is 7.11 Å². The van der Waals surface area contributed by atoms with Crippen molar-refractivity contribution in [2.75, 3.05) is 12.4 Å². The summed E-state index contributed by atoms with van der Waals surface area (Å²) >= 11 is 0. The summed E-state index contributed by atoms with van der Waals surface area (Å²) in [5.41, 5.74) is 4.83. The van der Waals surface area contributed by atoms with Crippen molar-refractivity contribution >= 4 is 5.69 Å². The molecular formula is C18H16N2O. The van der Waals surface area contributed by atoms with Crippen molar-refractivity contribution in [2.24, 2.45) is 0 Å². The zero-order valence-electron chi connectivity index (χ0n) is 11.8. The van der Waals surface area contributed by atoms with E-state index in [2.05, 4.69) is 64.6 Å². The molecule has 2 aromatic carbocycles. The van der Waals surface area contributed by atoms with Crippen molar-refractivity contribution in [3.63, 3.8) is 0 Å². The smallest absolute Gasteiger partial charge is 0.118 e. The highest BCUT2D eigenvalue weighted by Gasteiger charge is 2.24. The molecule has 2 heterocycles. The summed E-state index contributed by atoms with van der Waals surface area (Å²) in [5.74, 6) is 0.880. The van der Waals surface area contributed by atoms with E-state index in [1.165, 1.54) is 16.9 Å². The molecule has 1 aliphatic heterocycles. The van der Waals surface area contributed by atoms with Crippen LogP contribution in [0, 0.1) is 0 Å². The van der Waals surface area contributed by atoms with Crippen molar-refractivity contribution < 1.29 is 4.74 Å². The fourth-order valence-corrected chi connectivity index (χ4v) is 2.93. The highest BCUT2D eigenvalue weighted by molar-refractivity contribution is 5.66. The van der Waals surface area contributed by atoms with Gasteiger partial charge in [-0.3, -0.25) is 0 Å². The number of nitrogens with zero attached hydrogens (tertiary/aromatic N) is 1. The molecule has 3 aromatic rings. The van der Waals surface area contributed by atoms with Gasteiger partial charge < -0.3 is 14.6 Å². The van der Waals surface area contributed by atoms with E-state index in [0.29, 0.717) is 0 Å². The largest absolute Gasteiger partial charge is 0.497 e. The van der Waals surface area contributed by atoms with Crippen molar-refractivity contribution in [2.45, 2.75) is 6.04 Å². The van der Waals surface area contributed by atoms with Crippen LogP contribution < -0.4 is 10.1 Å². The molecule has 0 saturated carbocycles. The fraction of sp³-hybridized carbons (Fsp3) is 0.111. The molecule has 0 radical (unpaired) electrons. The number of para-hydroxylation sites is 2. The minimum atomic E-state index is 0.154. The van der Waals surface area contributed by atoms with Crippen molar-refractivity contribution in [1.29, 1.82) is 0 Å². The number of rotatable bonds is 2. The number of hydrogen-bond donors (Lipinski definition) is 1. The van der Waals surface area contributed by atoms with E-state index < -0.39 is 0 Å². The maximum absolute atomic E-state index is 5.24. The zero-order valence-corrected chi connectivity index (χ0v) is 11.8. The Morgan fingerprint density at radius 3 is 2.57 bits per heavy atom. The molecule has 104 valence electrons. The van der Waals surface area contributed by atoms with Crippen LogP contribution in [-0.2, 0) is 0 Å². The molecule has 0 spiro atoms. The van der Waals surface area contributed by atoms with Crippen LogP contribution in [0.2, 0.25) is 0 Å². The quantitative estimate of drug-likeness (QED) is 0.765. The highest BCUT2D eigenvalue weighted by Crippen LogP contribution is 2.37. The number of anilines is 1. The minimum Gasteiger partial charge on any atom is -0.497 e. The first-order valence-electron chi connectivity index (χ1n) is 7.04. The molecule has 1 aromatic heterocycles. The Hall–Kier alpha value is -2.68. The van der Waals surface area contributed by atoms with Crippen LogP contribution in [0.3, 0.4) is 0 Å². The number of ether oxygens (including phenoxy) is 1. The second-order valence-corrected chi connectivity index (χ2v) is 5.17. The molecule has 0 unspecified atom stereocenters. The maximum atomic E-state index is 5.24. The van der Waals surface area contributed by atoms with Crippen LogP contribution >= 0.6 is 0 Å². The van der Waals surface area contributed by atoms with Gasteiger partial charge in [0.05, 0.1) is 24.5 Å². The SMILES string of the molecule is COc1ccc([C@H]2Nc3ccccc3-n3cccc32)cc1. The summed E-state index contributed by atoms with van der Waals surface area (Å²) in [6, 6.07) is 21.0. The molecule has 0 amide bonds. The van der Waals surface area contributed by atoms with Crippen LogP contribution in [0.15, 0.2) is 66.9 Å². The maximum Gasteiger partial charge on any atom is 0.118 e. The standard InChI is InChI=1S/C18H16N2O/c1-21-14-10-8-13(9-11-14)18-17-7-4-12-20(17)16-6-3-2-5-15(16)19-18/h2-12,18-19H,1H3/t18-/m1/s1. The predicted molar refractivity (Wildman–Crippen MR) is 84.2 cm³/mol. The number of hydrogen-bond acceptors (Lipinski definition) is 2. The number of nitrogens with one attached hydrogen (secondary N) is 1. The lowest BCUT2D eigenvalue weighted by atomic mass is 10.0. The van der Waals surface area contributed by atoms with E-state index in [9.17, 15) is 0 Å². The van der Waals surface area contributed by atoms with Gasteiger partial charge >= 0.3 is 0 Å². The lowest BCUT2D eigenvalue weighted by Crippen LogP contribution is -2.21. The first kappa shape index (κ1) is 12.1. The molecule has 0 fully saturated rings. The van der Waals surface area contributed by atoms with Crippen LogP contribution in [0.5, 0.6) is 5.75 Å². The van der Waals surface area contributed by atoms with Gasteiger partial charge in [-0.25, -0.2) is 0 Å². The van der Waals surface area contributed by atoms with Crippen LogP contribution in [0.1, 0.15) is 17.3 Å². The second kappa shape index (κ2) is 4.70. The number of methoxy groups -OCH3 is 1. The minimum absolute atomic E-state index is 0.154. The molecule has 1 atom stereocenters. The first-order valence-corrected chi connectivity index (χ1v) is 7.04. The van der Waals surface area contributed by atoms with E-state index in [-0.39, 0.29) is 6.04 Å². The molecule has 3 heteroatoms. The molecule has 0 aliphatic carbocycles. The monoisotopic (exact) mass is 276 g/mol. The van der Waals surface area contributed by atoms with Gasteiger partial charge in [0.15, 0.2) is 0 Å². The van der Waals surface area contributed by atoms with E-state index >= 15 is 0 Å². The van der Waals surface area contributed by atoms with E-state index in [0.717, 1.165) is 11.4 Å². The molecule has 21 heavy (non-hydrogen) atoms. The number of aromatic nitrogens is 1. The van der Waals surface area contributed by atoms with Gasteiger partial charge in [0.2, 0.25) is 0 Å². The highest BCUT2D eigenvalue weighted by atomic mass is 16.5. The Morgan fingerprint density at radius 2 is 1.76 bits per heavy atom. The van der Waals surface area contributed by atoms with Gasteiger partial charge in [-0.15, -0.1) is 0 Å².